The van der Waals surface area contributed by atoms with Crippen LogP contribution in [0.4, 0.5) is 13.2 Å². The Morgan fingerprint density at radius 1 is 1.26 bits per heavy atom. The van der Waals surface area contributed by atoms with Crippen LogP contribution in [-0.2, 0) is 16.5 Å². The smallest absolute Gasteiger partial charge is 0.368 e. The average Bonchev–Trinajstić information content (AvgIpc) is 3.11. The molecule has 0 bridgehead atoms. The lowest BCUT2D eigenvalue weighted by atomic mass is 9.87. The van der Waals surface area contributed by atoms with Crippen molar-refractivity contribution in [2.24, 2.45) is 5.73 Å². The van der Waals surface area contributed by atoms with Gasteiger partial charge in [-0.05, 0) is 31.4 Å². The summed E-state index contributed by atoms with van der Waals surface area (Å²) in [6.45, 7) is 1.40. The molecule has 0 heterocycles. The van der Waals surface area contributed by atoms with Gasteiger partial charge in [-0.3, -0.25) is 10.1 Å². The van der Waals surface area contributed by atoms with Crippen molar-refractivity contribution in [2.45, 2.75) is 37.5 Å². The van der Waals surface area contributed by atoms with Crippen molar-refractivity contribution in [2.75, 3.05) is 0 Å². The standard InChI is InChI=1S/C13H15F3N2O/c1-12(11(17)19,18-8-6-7-8)9-4-2-3-5-10(9)13(14,15)16/h2-5,8,18H,6-7H2,1H3,(H2,17,19). The summed E-state index contributed by atoms with van der Waals surface area (Å²) in [5.74, 6) is -0.809. The summed E-state index contributed by atoms with van der Waals surface area (Å²) in [6, 6.07) is 5.08. The summed E-state index contributed by atoms with van der Waals surface area (Å²) in [7, 11) is 0. The van der Waals surface area contributed by atoms with Crippen molar-refractivity contribution in [3.8, 4) is 0 Å². The first kappa shape index (κ1) is 13.9. The van der Waals surface area contributed by atoms with Crippen molar-refractivity contribution >= 4 is 5.91 Å². The lowest BCUT2D eigenvalue weighted by Gasteiger charge is -2.30. The molecule has 0 spiro atoms. The van der Waals surface area contributed by atoms with E-state index in [0.29, 0.717) is 0 Å². The molecule has 1 aliphatic rings. The van der Waals surface area contributed by atoms with E-state index < -0.39 is 23.2 Å². The van der Waals surface area contributed by atoms with Gasteiger partial charge in [0.2, 0.25) is 5.91 Å². The van der Waals surface area contributed by atoms with Gasteiger partial charge in [-0.1, -0.05) is 18.2 Å². The summed E-state index contributed by atoms with van der Waals surface area (Å²) in [4.78, 5) is 11.7. The lowest BCUT2D eigenvalue weighted by molar-refractivity contribution is -0.139. The second kappa shape index (κ2) is 4.52. The van der Waals surface area contributed by atoms with E-state index in [9.17, 15) is 18.0 Å². The summed E-state index contributed by atoms with van der Waals surface area (Å²) < 4.78 is 39.0. The molecule has 1 atom stereocenters. The van der Waals surface area contributed by atoms with E-state index in [1.807, 2.05) is 0 Å². The monoisotopic (exact) mass is 272 g/mol. The van der Waals surface area contributed by atoms with Crippen molar-refractivity contribution in [1.82, 2.24) is 5.32 Å². The summed E-state index contributed by atoms with van der Waals surface area (Å²) in [5, 5.41) is 2.92. The predicted octanol–water partition coefficient (Wildman–Crippen LogP) is 2.16. The number of nitrogens with one attached hydrogen (secondary N) is 1. The molecule has 0 radical (unpaired) electrons. The predicted molar refractivity (Wildman–Crippen MR) is 64.1 cm³/mol. The van der Waals surface area contributed by atoms with E-state index in [1.165, 1.54) is 25.1 Å². The molecule has 1 fully saturated rings. The first-order valence-corrected chi connectivity index (χ1v) is 5.99. The molecule has 1 aliphatic carbocycles. The second-order valence-electron chi connectivity index (χ2n) is 4.95. The molecule has 3 N–H and O–H groups in total. The van der Waals surface area contributed by atoms with Crippen LogP contribution in [0.1, 0.15) is 30.9 Å². The van der Waals surface area contributed by atoms with E-state index in [4.69, 9.17) is 5.73 Å². The molecule has 19 heavy (non-hydrogen) atoms. The maximum Gasteiger partial charge on any atom is 0.416 e. The van der Waals surface area contributed by atoms with E-state index in [1.54, 1.807) is 0 Å². The van der Waals surface area contributed by atoms with Crippen molar-refractivity contribution in [3.05, 3.63) is 35.4 Å². The van der Waals surface area contributed by atoms with Crippen LogP contribution in [0.25, 0.3) is 0 Å². The average molecular weight is 272 g/mol. The minimum atomic E-state index is -4.52. The number of hydrogen-bond donors (Lipinski definition) is 2. The number of benzene rings is 1. The Balaban J connectivity index is 2.50. The quantitative estimate of drug-likeness (QED) is 0.882. The Morgan fingerprint density at radius 2 is 1.79 bits per heavy atom. The largest absolute Gasteiger partial charge is 0.416 e. The van der Waals surface area contributed by atoms with Gasteiger partial charge in [0, 0.05) is 6.04 Å². The third kappa shape index (κ3) is 2.73. The Morgan fingerprint density at radius 3 is 2.21 bits per heavy atom. The molecule has 1 amide bonds. The molecule has 0 aliphatic heterocycles. The van der Waals surface area contributed by atoms with Crippen LogP contribution in [-0.4, -0.2) is 11.9 Å². The van der Waals surface area contributed by atoms with Gasteiger partial charge in [0.25, 0.3) is 0 Å². The van der Waals surface area contributed by atoms with Crippen molar-refractivity contribution < 1.29 is 18.0 Å². The highest BCUT2D eigenvalue weighted by Crippen LogP contribution is 2.38. The minimum absolute atomic E-state index is 0.0544. The molecule has 1 saturated carbocycles. The van der Waals surface area contributed by atoms with Gasteiger partial charge in [-0.25, -0.2) is 0 Å². The highest BCUT2D eigenvalue weighted by atomic mass is 19.4. The van der Waals surface area contributed by atoms with Crippen molar-refractivity contribution in [3.63, 3.8) is 0 Å². The zero-order chi connectivity index (χ0) is 14.3. The zero-order valence-corrected chi connectivity index (χ0v) is 10.4. The van der Waals surface area contributed by atoms with E-state index in [-0.39, 0.29) is 11.6 Å². The maximum absolute atomic E-state index is 13.0. The fourth-order valence-electron chi connectivity index (χ4n) is 2.08. The Hall–Kier alpha value is -1.56. The fraction of sp³-hybridized carbons (Fsp3) is 0.462. The maximum atomic E-state index is 13.0. The summed E-state index contributed by atoms with van der Waals surface area (Å²) >= 11 is 0. The van der Waals surface area contributed by atoms with Crippen LogP contribution >= 0.6 is 0 Å². The molecule has 1 aromatic rings. The van der Waals surface area contributed by atoms with Gasteiger partial charge in [0.15, 0.2) is 0 Å². The summed E-state index contributed by atoms with van der Waals surface area (Å²) in [6.07, 6.45) is -2.83. The molecule has 3 nitrogen and oxygen atoms in total. The normalized spacial score (nSPS) is 18.9. The van der Waals surface area contributed by atoms with Gasteiger partial charge in [0.05, 0.1) is 5.56 Å². The van der Waals surface area contributed by atoms with Crippen LogP contribution in [0, 0.1) is 0 Å². The highest BCUT2D eigenvalue weighted by Gasteiger charge is 2.44. The molecular weight excluding hydrogens is 257 g/mol. The third-order valence-electron chi connectivity index (χ3n) is 3.33. The van der Waals surface area contributed by atoms with Crippen LogP contribution in [0.2, 0.25) is 0 Å². The molecule has 0 saturated heterocycles. The van der Waals surface area contributed by atoms with Gasteiger partial charge >= 0.3 is 6.18 Å². The zero-order valence-electron chi connectivity index (χ0n) is 10.4. The highest BCUT2D eigenvalue weighted by molar-refractivity contribution is 5.86. The van der Waals surface area contributed by atoms with Crippen molar-refractivity contribution in [1.29, 1.82) is 0 Å². The van der Waals surface area contributed by atoms with Gasteiger partial charge in [-0.15, -0.1) is 0 Å². The van der Waals surface area contributed by atoms with Crippen LogP contribution < -0.4 is 11.1 Å². The van der Waals surface area contributed by atoms with Crippen LogP contribution in [0.3, 0.4) is 0 Å². The molecule has 104 valence electrons. The minimum Gasteiger partial charge on any atom is -0.368 e. The second-order valence-corrected chi connectivity index (χ2v) is 4.95. The number of hydrogen-bond acceptors (Lipinski definition) is 2. The molecule has 2 rings (SSSR count). The van der Waals surface area contributed by atoms with Crippen LogP contribution in [0.5, 0.6) is 0 Å². The Bertz CT molecular complexity index is 497. The number of carbonyl (C=O) groups excluding carboxylic acids is 1. The molecule has 6 heteroatoms. The molecule has 1 unspecified atom stereocenters. The van der Waals surface area contributed by atoms with E-state index in [0.717, 1.165) is 18.9 Å². The van der Waals surface area contributed by atoms with Gasteiger partial charge < -0.3 is 5.73 Å². The fourth-order valence-corrected chi connectivity index (χ4v) is 2.08. The lowest BCUT2D eigenvalue weighted by Crippen LogP contribution is -2.52. The molecular formula is C13H15F3N2O. The Labute approximate surface area is 109 Å². The molecule has 1 aromatic carbocycles. The number of alkyl halides is 3. The number of rotatable bonds is 4. The number of halogens is 3. The molecule has 0 aromatic heterocycles. The SMILES string of the molecule is CC(NC1CC1)(C(N)=O)c1ccccc1C(F)(F)F. The summed E-state index contributed by atoms with van der Waals surface area (Å²) in [5.41, 5.74) is 2.86. The number of amides is 1. The first-order valence-electron chi connectivity index (χ1n) is 5.99. The topological polar surface area (TPSA) is 55.1 Å². The number of primary amides is 1. The van der Waals surface area contributed by atoms with E-state index in [2.05, 4.69) is 5.32 Å². The van der Waals surface area contributed by atoms with Crippen LogP contribution in [0.15, 0.2) is 24.3 Å². The Kier molecular flexibility index (Phi) is 3.30. The van der Waals surface area contributed by atoms with Gasteiger partial charge in [0.1, 0.15) is 5.54 Å². The first-order chi connectivity index (χ1) is 8.75. The number of carbonyl (C=O) groups is 1. The number of nitrogens with two attached hydrogens (primary N) is 1. The van der Waals surface area contributed by atoms with Gasteiger partial charge in [-0.2, -0.15) is 13.2 Å². The third-order valence-corrected chi connectivity index (χ3v) is 3.33. The van der Waals surface area contributed by atoms with E-state index >= 15 is 0 Å².